The Morgan fingerprint density at radius 3 is 3.00 bits per heavy atom. The Morgan fingerprint density at radius 1 is 1.40 bits per heavy atom. The molecular weight excluding hydrogens is 194 g/mol. The number of nitrogens with zero attached hydrogens (tertiary/aromatic N) is 1. The van der Waals surface area contributed by atoms with Gasteiger partial charge in [-0.15, -0.1) is 0 Å². The van der Waals surface area contributed by atoms with Crippen molar-refractivity contribution in [2.75, 3.05) is 26.9 Å². The van der Waals surface area contributed by atoms with E-state index in [4.69, 9.17) is 14.6 Å². The van der Waals surface area contributed by atoms with Crippen molar-refractivity contribution in [2.24, 2.45) is 0 Å². The molecule has 15 heavy (non-hydrogen) atoms. The molecule has 0 saturated carbocycles. The quantitative estimate of drug-likeness (QED) is 0.575. The number of methoxy groups -OCH3 is 1. The van der Waals surface area contributed by atoms with E-state index in [1.807, 2.05) is 0 Å². The molecule has 0 fully saturated rings. The molecule has 0 radical (unpaired) electrons. The molecule has 0 saturated heterocycles. The molecule has 0 amide bonds. The molecule has 1 N–H and O–H groups in total. The molecule has 4 heteroatoms. The van der Waals surface area contributed by atoms with Gasteiger partial charge < -0.3 is 14.6 Å². The highest BCUT2D eigenvalue weighted by atomic mass is 16.5. The van der Waals surface area contributed by atoms with Gasteiger partial charge in [-0.3, -0.25) is 4.98 Å². The van der Waals surface area contributed by atoms with Crippen molar-refractivity contribution in [3.05, 3.63) is 24.0 Å². The Hall–Kier alpha value is -1.57. The number of pyridine rings is 1. The second kappa shape index (κ2) is 6.82. The van der Waals surface area contributed by atoms with Gasteiger partial charge >= 0.3 is 0 Å². The fraction of sp³-hybridized carbons (Fsp3) is 0.364. The van der Waals surface area contributed by atoms with Crippen LogP contribution >= 0.6 is 0 Å². The Kier molecular flexibility index (Phi) is 5.23. The Morgan fingerprint density at radius 2 is 2.27 bits per heavy atom. The van der Waals surface area contributed by atoms with E-state index in [0.29, 0.717) is 19.0 Å². The van der Waals surface area contributed by atoms with Crippen molar-refractivity contribution >= 4 is 0 Å². The number of aliphatic hydroxyl groups excluding tert-OH is 1. The van der Waals surface area contributed by atoms with Crippen LogP contribution in [0.4, 0.5) is 0 Å². The van der Waals surface area contributed by atoms with E-state index in [1.165, 1.54) is 0 Å². The van der Waals surface area contributed by atoms with Gasteiger partial charge in [-0.1, -0.05) is 11.8 Å². The van der Waals surface area contributed by atoms with Crippen LogP contribution in [0.2, 0.25) is 0 Å². The fourth-order valence-corrected chi connectivity index (χ4v) is 0.951. The van der Waals surface area contributed by atoms with Crippen molar-refractivity contribution in [2.45, 2.75) is 0 Å². The van der Waals surface area contributed by atoms with Crippen LogP contribution in [-0.2, 0) is 4.74 Å². The van der Waals surface area contributed by atoms with Crippen LogP contribution in [0.25, 0.3) is 0 Å². The second-order valence-electron chi connectivity index (χ2n) is 2.71. The molecule has 0 aliphatic rings. The van der Waals surface area contributed by atoms with E-state index in [1.54, 1.807) is 25.6 Å². The summed E-state index contributed by atoms with van der Waals surface area (Å²) < 4.78 is 10.2. The minimum absolute atomic E-state index is 0.158. The van der Waals surface area contributed by atoms with Crippen LogP contribution in [0.5, 0.6) is 5.75 Å². The predicted molar refractivity (Wildman–Crippen MR) is 55.6 cm³/mol. The van der Waals surface area contributed by atoms with Gasteiger partial charge in [0.15, 0.2) is 0 Å². The monoisotopic (exact) mass is 207 g/mol. The highest BCUT2D eigenvalue weighted by Gasteiger charge is 1.95. The molecule has 0 aliphatic heterocycles. The molecule has 0 spiro atoms. The first-order valence-corrected chi connectivity index (χ1v) is 4.53. The van der Waals surface area contributed by atoms with Crippen molar-refractivity contribution < 1.29 is 14.6 Å². The van der Waals surface area contributed by atoms with Crippen LogP contribution in [-0.4, -0.2) is 37.0 Å². The third-order valence-electron chi connectivity index (χ3n) is 1.58. The lowest BCUT2D eigenvalue weighted by atomic mass is 10.3. The largest absolute Gasteiger partial charge is 0.490 e. The lowest BCUT2D eigenvalue weighted by Crippen LogP contribution is -2.04. The van der Waals surface area contributed by atoms with E-state index < -0.39 is 0 Å². The molecular formula is C11H13NO3. The normalized spacial score (nSPS) is 9.20. The maximum atomic E-state index is 8.53. The topological polar surface area (TPSA) is 51.6 Å². The average Bonchev–Trinajstić information content (AvgIpc) is 2.27. The molecule has 1 aromatic rings. The van der Waals surface area contributed by atoms with Crippen LogP contribution in [0.1, 0.15) is 5.56 Å². The zero-order valence-electron chi connectivity index (χ0n) is 8.56. The summed E-state index contributed by atoms with van der Waals surface area (Å²) in [5.74, 6) is 5.95. The maximum Gasteiger partial charge on any atom is 0.138 e. The lowest BCUT2D eigenvalue weighted by Gasteiger charge is -2.04. The molecule has 4 nitrogen and oxygen atoms in total. The highest BCUT2D eigenvalue weighted by Crippen LogP contribution is 2.09. The number of hydrogen-bond donors (Lipinski definition) is 1. The van der Waals surface area contributed by atoms with Crippen LogP contribution < -0.4 is 4.74 Å². The molecule has 0 unspecified atom stereocenters. The molecule has 1 rings (SSSR count). The second-order valence-corrected chi connectivity index (χ2v) is 2.71. The fourth-order valence-electron chi connectivity index (χ4n) is 0.951. The smallest absolute Gasteiger partial charge is 0.138 e. The average molecular weight is 207 g/mol. The molecule has 0 aromatic carbocycles. The molecule has 0 bridgehead atoms. The van der Waals surface area contributed by atoms with Crippen LogP contribution in [0.15, 0.2) is 18.5 Å². The zero-order chi connectivity index (χ0) is 10.9. The lowest BCUT2D eigenvalue weighted by molar-refractivity contribution is 0.146. The Balaban J connectivity index is 2.57. The molecule has 0 aliphatic carbocycles. The maximum absolute atomic E-state index is 8.53. The predicted octanol–water partition coefficient (Wildman–Crippen LogP) is 0.451. The van der Waals surface area contributed by atoms with Crippen LogP contribution in [0.3, 0.4) is 0 Å². The van der Waals surface area contributed by atoms with Crippen molar-refractivity contribution in [3.8, 4) is 17.6 Å². The van der Waals surface area contributed by atoms with E-state index in [0.717, 1.165) is 5.56 Å². The summed E-state index contributed by atoms with van der Waals surface area (Å²) >= 11 is 0. The van der Waals surface area contributed by atoms with Gasteiger partial charge in [-0.2, -0.15) is 0 Å². The van der Waals surface area contributed by atoms with Gasteiger partial charge in [-0.05, 0) is 6.07 Å². The summed E-state index contributed by atoms with van der Waals surface area (Å²) in [4.78, 5) is 3.97. The summed E-state index contributed by atoms with van der Waals surface area (Å²) in [6.07, 6.45) is 3.23. The summed E-state index contributed by atoms with van der Waals surface area (Å²) in [6.45, 7) is 0.858. The Bertz CT molecular complexity index is 354. The third-order valence-corrected chi connectivity index (χ3v) is 1.58. The minimum atomic E-state index is -0.158. The first kappa shape index (κ1) is 11.5. The number of ether oxygens (including phenoxy) is 2. The van der Waals surface area contributed by atoms with Crippen molar-refractivity contribution in [1.29, 1.82) is 0 Å². The number of hydrogen-bond acceptors (Lipinski definition) is 4. The summed E-state index contributed by atoms with van der Waals surface area (Å²) in [7, 11) is 1.62. The zero-order valence-corrected chi connectivity index (χ0v) is 8.56. The van der Waals surface area contributed by atoms with Crippen molar-refractivity contribution in [1.82, 2.24) is 4.98 Å². The molecule has 1 aromatic heterocycles. The van der Waals surface area contributed by atoms with E-state index in [2.05, 4.69) is 16.8 Å². The first-order valence-electron chi connectivity index (χ1n) is 4.53. The standard InChI is InChI=1S/C11H13NO3/c1-14-5-6-15-11-7-10(3-2-4-13)8-12-9-11/h7-9,13H,4-6H2,1H3. The summed E-state index contributed by atoms with van der Waals surface area (Å²) in [5.41, 5.74) is 0.721. The van der Waals surface area contributed by atoms with Gasteiger partial charge in [0, 0.05) is 18.9 Å². The van der Waals surface area contributed by atoms with Crippen molar-refractivity contribution in [3.63, 3.8) is 0 Å². The van der Waals surface area contributed by atoms with E-state index >= 15 is 0 Å². The van der Waals surface area contributed by atoms with Crippen LogP contribution in [0, 0.1) is 11.8 Å². The number of rotatable bonds is 4. The number of aliphatic hydroxyl groups is 1. The number of aromatic nitrogens is 1. The third kappa shape index (κ3) is 4.45. The molecule has 1 heterocycles. The summed E-state index contributed by atoms with van der Waals surface area (Å²) in [5, 5.41) is 8.53. The minimum Gasteiger partial charge on any atom is -0.490 e. The van der Waals surface area contributed by atoms with E-state index in [9.17, 15) is 0 Å². The van der Waals surface area contributed by atoms with Gasteiger partial charge in [0.2, 0.25) is 0 Å². The molecule has 80 valence electrons. The highest BCUT2D eigenvalue weighted by molar-refractivity contribution is 5.36. The van der Waals surface area contributed by atoms with Gasteiger partial charge in [0.05, 0.1) is 12.8 Å². The van der Waals surface area contributed by atoms with Gasteiger partial charge in [-0.25, -0.2) is 0 Å². The Labute approximate surface area is 88.9 Å². The van der Waals surface area contributed by atoms with Gasteiger partial charge in [0.1, 0.15) is 19.0 Å². The summed E-state index contributed by atoms with van der Waals surface area (Å²) in [6, 6.07) is 1.77. The SMILES string of the molecule is COCCOc1cncc(C#CCO)c1. The first-order chi connectivity index (χ1) is 7.36. The van der Waals surface area contributed by atoms with Gasteiger partial charge in [0.25, 0.3) is 0 Å². The molecule has 0 atom stereocenters. The van der Waals surface area contributed by atoms with E-state index in [-0.39, 0.29) is 6.61 Å².